The predicted octanol–water partition coefficient (Wildman–Crippen LogP) is 3.77. The third kappa shape index (κ3) is 5.24. The lowest BCUT2D eigenvalue weighted by atomic mass is 9.98. The van der Waals surface area contributed by atoms with E-state index in [4.69, 9.17) is 9.72 Å². The number of fused-ring (bicyclic) bond motifs is 1. The van der Waals surface area contributed by atoms with Gasteiger partial charge >= 0.3 is 0 Å². The normalized spacial score (nSPS) is 14.8. The number of carbonyl (C=O) groups excluding carboxylic acids is 2. The van der Waals surface area contributed by atoms with Gasteiger partial charge < -0.3 is 20.3 Å². The summed E-state index contributed by atoms with van der Waals surface area (Å²) in [6.07, 6.45) is 0.365. The van der Waals surface area contributed by atoms with Gasteiger partial charge in [0, 0.05) is 34.7 Å². The molecule has 0 spiro atoms. The van der Waals surface area contributed by atoms with Crippen LogP contribution in [-0.2, 0) is 13.0 Å². The molecule has 10 heteroatoms. The van der Waals surface area contributed by atoms with E-state index in [0.717, 1.165) is 4.47 Å². The van der Waals surface area contributed by atoms with E-state index in [1.165, 1.54) is 11.7 Å². The minimum atomic E-state index is -0.226. The SMILES string of the molecule is CNC(=O)c1ccc(-n2c(NC(C)C)nc3c(c2=O)C[C@@H](C)N(C(=O)c2ccc(Br)cc2OC)C3)cc1. The summed E-state index contributed by atoms with van der Waals surface area (Å²) >= 11 is 3.41. The number of nitrogens with zero attached hydrogens (tertiary/aromatic N) is 3. The Balaban J connectivity index is 1.76. The molecule has 3 aromatic rings. The quantitative estimate of drug-likeness (QED) is 0.469. The highest BCUT2D eigenvalue weighted by atomic mass is 79.9. The van der Waals surface area contributed by atoms with Crippen molar-refractivity contribution < 1.29 is 14.3 Å². The van der Waals surface area contributed by atoms with Crippen LogP contribution in [-0.4, -0.2) is 52.5 Å². The molecule has 0 aliphatic carbocycles. The molecule has 0 bridgehead atoms. The standard InChI is InChI=1S/C27H30BrN5O4/c1-15(2)30-27-31-22-14-32(25(35)20-11-8-18(28)13-23(20)37-5)16(3)12-21(22)26(36)33(27)19-9-6-17(7-10-19)24(34)29-4/h6-11,13,15-16H,12,14H2,1-5H3,(H,29,34)(H,30,31)/t16-/m1/s1. The summed E-state index contributed by atoms with van der Waals surface area (Å²) in [5, 5.41) is 5.86. The molecule has 4 rings (SSSR count). The van der Waals surface area contributed by atoms with Crippen LogP contribution in [0, 0.1) is 0 Å². The number of benzene rings is 2. The number of rotatable bonds is 6. The van der Waals surface area contributed by atoms with Crippen molar-refractivity contribution in [3.8, 4) is 11.4 Å². The molecule has 2 N–H and O–H groups in total. The van der Waals surface area contributed by atoms with E-state index in [2.05, 4.69) is 26.6 Å². The molecule has 194 valence electrons. The molecular weight excluding hydrogens is 538 g/mol. The van der Waals surface area contributed by atoms with Gasteiger partial charge in [0.05, 0.1) is 30.6 Å². The number of halogens is 1. The Hall–Kier alpha value is -3.66. The lowest BCUT2D eigenvalue weighted by molar-refractivity contribution is 0.0649. The van der Waals surface area contributed by atoms with Crippen LogP contribution in [0.2, 0.25) is 0 Å². The summed E-state index contributed by atoms with van der Waals surface area (Å²) in [6, 6.07) is 11.9. The van der Waals surface area contributed by atoms with E-state index in [0.29, 0.717) is 46.2 Å². The van der Waals surface area contributed by atoms with Crippen molar-refractivity contribution in [2.24, 2.45) is 0 Å². The monoisotopic (exact) mass is 567 g/mol. The molecule has 0 saturated carbocycles. The van der Waals surface area contributed by atoms with Crippen LogP contribution in [0.1, 0.15) is 52.7 Å². The highest BCUT2D eigenvalue weighted by Gasteiger charge is 2.33. The molecule has 1 atom stereocenters. The average Bonchev–Trinajstić information content (AvgIpc) is 2.88. The number of aromatic nitrogens is 2. The summed E-state index contributed by atoms with van der Waals surface area (Å²) < 4.78 is 7.79. The number of methoxy groups -OCH3 is 1. The van der Waals surface area contributed by atoms with Gasteiger partial charge in [-0.15, -0.1) is 0 Å². The third-order valence-electron chi connectivity index (χ3n) is 6.30. The van der Waals surface area contributed by atoms with Crippen LogP contribution in [0.3, 0.4) is 0 Å². The Morgan fingerprint density at radius 1 is 1.16 bits per heavy atom. The van der Waals surface area contributed by atoms with Gasteiger partial charge in [-0.05, 0) is 69.7 Å². The van der Waals surface area contributed by atoms with Crippen LogP contribution in [0.5, 0.6) is 5.75 Å². The van der Waals surface area contributed by atoms with Crippen molar-refractivity contribution in [2.45, 2.75) is 45.8 Å². The second-order valence-electron chi connectivity index (χ2n) is 9.26. The topological polar surface area (TPSA) is 106 Å². The number of amides is 2. The maximum atomic E-state index is 13.8. The second kappa shape index (κ2) is 10.8. The van der Waals surface area contributed by atoms with Crippen molar-refractivity contribution in [1.29, 1.82) is 0 Å². The maximum absolute atomic E-state index is 13.8. The van der Waals surface area contributed by atoms with Gasteiger partial charge in [-0.2, -0.15) is 0 Å². The predicted molar refractivity (Wildman–Crippen MR) is 146 cm³/mol. The Morgan fingerprint density at radius 3 is 2.49 bits per heavy atom. The molecule has 2 aromatic carbocycles. The van der Waals surface area contributed by atoms with E-state index in [-0.39, 0.29) is 36.0 Å². The smallest absolute Gasteiger partial charge is 0.263 e. The summed E-state index contributed by atoms with van der Waals surface area (Å²) in [4.78, 5) is 45.8. The van der Waals surface area contributed by atoms with E-state index in [1.807, 2.05) is 20.8 Å². The first kappa shape index (κ1) is 26.4. The summed E-state index contributed by atoms with van der Waals surface area (Å²) in [6.45, 7) is 6.05. The third-order valence-corrected chi connectivity index (χ3v) is 6.79. The van der Waals surface area contributed by atoms with Crippen molar-refractivity contribution in [3.05, 3.63) is 79.7 Å². The molecule has 2 amide bonds. The minimum Gasteiger partial charge on any atom is -0.496 e. The molecule has 0 saturated heterocycles. The van der Waals surface area contributed by atoms with Gasteiger partial charge in [0.25, 0.3) is 17.4 Å². The lowest BCUT2D eigenvalue weighted by Crippen LogP contribution is -2.46. The first-order chi connectivity index (χ1) is 17.6. The highest BCUT2D eigenvalue weighted by molar-refractivity contribution is 9.10. The number of hydrogen-bond acceptors (Lipinski definition) is 6. The lowest BCUT2D eigenvalue weighted by Gasteiger charge is -2.35. The van der Waals surface area contributed by atoms with Crippen molar-refractivity contribution >= 4 is 33.7 Å². The zero-order valence-corrected chi connectivity index (χ0v) is 23.0. The molecule has 2 heterocycles. The van der Waals surface area contributed by atoms with Crippen molar-refractivity contribution in [1.82, 2.24) is 19.8 Å². The molecule has 1 aromatic heterocycles. The van der Waals surface area contributed by atoms with Crippen LogP contribution in [0.4, 0.5) is 5.95 Å². The first-order valence-corrected chi connectivity index (χ1v) is 12.8. The Bertz CT molecular complexity index is 1400. The summed E-state index contributed by atoms with van der Waals surface area (Å²) in [7, 11) is 3.10. The van der Waals surface area contributed by atoms with Crippen LogP contribution >= 0.6 is 15.9 Å². The first-order valence-electron chi connectivity index (χ1n) is 12.0. The highest BCUT2D eigenvalue weighted by Crippen LogP contribution is 2.29. The number of hydrogen-bond donors (Lipinski definition) is 2. The molecular formula is C27H30BrN5O4. The van der Waals surface area contributed by atoms with Gasteiger partial charge in [-0.3, -0.25) is 14.4 Å². The summed E-state index contributed by atoms with van der Waals surface area (Å²) in [5.41, 5.74) is 2.49. The van der Waals surface area contributed by atoms with Crippen molar-refractivity contribution in [2.75, 3.05) is 19.5 Å². The zero-order valence-electron chi connectivity index (χ0n) is 21.5. The van der Waals surface area contributed by atoms with Gasteiger partial charge in [0.15, 0.2) is 0 Å². The fourth-order valence-corrected chi connectivity index (χ4v) is 4.77. The van der Waals surface area contributed by atoms with E-state index in [1.54, 1.807) is 54.4 Å². The van der Waals surface area contributed by atoms with Crippen LogP contribution in [0.25, 0.3) is 5.69 Å². The fourth-order valence-electron chi connectivity index (χ4n) is 4.43. The molecule has 0 radical (unpaired) electrons. The van der Waals surface area contributed by atoms with Gasteiger partial charge in [0.1, 0.15) is 5.75 Å². The van der Waals surface area contributed by atoms with Gasteiger partial charge in [-0.1, -0.05) is 15.9 Å². The molecule has 0 unspecified atom stereocenters. The van der Waals surface area contributed by atoms with Gasteiger partial charge in [0.2, 0.25) is 5.95 Å². The van der Waals surface area contributed by atoms with Crippen LogP contribution < -0.4 is 20.9 Å². The minimum absolute atomic E-state index is 0.00798. The zero-order chi connectivity index (χ0) is 26.9. The fraction of sp³-hybridized carbons (Fsp3) is 0.333. The maximum Gasteiger partial charge on any atom is 0.263 e. The number of anilines is 1. The van der Waals surface area contributed by atoms with Crippen LogP contribution in [0.15, 0.2) is 51.7 Å². The molecule has 1 aliphatic heterocycles. The molecule has 37 heavy (non-hydrogen) atoms. The Labute approximate surface area is 224 Å². The van der Waals surface area contributed by atoms with E-state index >= 15 is 0 Å². The summed E-state index contributed by atoms with van der Waals surface area (Å²) in [5.74, 6) is 0.471. The van der Waals surface area contributed by atoms with E-state index in [9.17, 15) is 14.4 Å². The van der Waals surface area contributed by atoms with Gasteiger partial charge in [-0.25, -0.2) is 9.55 Å². The average molecular weight is 568 g/mol. The Morgan fingerprint density at radius 2 is 1.86 bits per heavy atom. The number of carbonyl (C=O) groups is 2. The second-order valence-corrected chi connectivity index (χ2v) is 10.2. The molecule has 9 nitrogen and oxygen atoms in total. The largest absolute Gasteiger partial charge is 0.496 e. The molecule has 0 fully saturated rings. The van der Waals surface area contributed by atoms with Crippen molar-refractivity contribution in [3.63, 3.8) is 0 Å². The number of nitrogens with one attached hydrogen (secondary N) is 2. The van der Waals surface area contributed by atoms with E-state index < -0.39 is 0 Å². The Kier molecular flexibility index (Phi) is 7.68. The molecule has 1 aliphatic rings. The number of ether oxygens (including phenoxy) is 1.